The van der Waals surface area contributed by atoms with Crippen LogP contribution in [-0.2, 0) is 44.8 Å². The molecule has 1 aliphatic heterocycles. The van der Waals surface area contributed by atoms with Crippen LogP contribution in [0, 0.1) is 0 Å². The Morgan fingerprint density at radius 3 is 2.23 bits per heavy atom. The standard InChI is InChI=1S/C30H43ClN8O8/c1-3-4-9-21(36-17(2)40)30(47)39-22-10-11-24(41)33-13-12-20(27(32)44)37-25(42)15-35-29(46)23(38-26(43)16-34-28(22)45)14-18-7-5-6-8-19(18)31/h5-8,20-23H,3-4,9-16H2,1-2H3,(H2,32,44)(H,33,41)(H,34,45)(H,35,46)(H,36,40)(H,37,42)(H,38,43)(H,39,47)/t20?,21-,22?,23?/m0/s1. The van der Waals surface area contributed by atoms with E-state index in [-0.39, 0.29) is 32.2 Å². The van der Waals surface area contributed by atoms with E-state index in [1.807, 2.05) is 6.92 Å². The van der Waals surface area contributed by atoms with Crippen LogP contribution in [0.2, 0.25) is 5.02 Å². The molecular weight excluding hydrogens is 636 g/mol. The monoisotopic (exact) mass is 678 g/mol. The molecule has 47 heavy (non-hydrogen) atoms. The van der Waals surface area contributed by atoms with E-state index in [0.717, 1.165) is 6.42 Å². The predicted octanol–water partition coefficient (Wildman–Crippen LogP) is -1.95. The summed E-state index contributed by atoms with van der Waals surface area (Å²) >= 11 is 6.26. The van der Waals surface area contributed by atoms with Crippen molar-refractivity contribution in [3.63, 3.8) is 0 Å². The van der Waals surface area contributed by atoms with Crippen molar-refractivity contribution in [3.05, 3.63) is 34.9 Å². The molecule has 0 bridgehead atoms. The van der Waals surface area contributed by atoms with E-state index in [4.69, 9.17) is 17.3 Å². The second-order valence-corrected chi connectivity index (χ2v) is 11.4. The number of hydrogen-bond donors (Lipinski definition) is 8. The zero-order valence-electron chi connectivity index (χ0n) is 26.4. The first-order chi connectivity index (χ1) is 22.3. The third-order valence-corrected chi connectivity index (χ3v) is 7.52. The largest absolute Gasteiger partial charge is 0.368 e. The smallest absolute Gasteiger partial charge is 0.243 e. The molecule has 1 aliphatic rings. The molecule has 4 atom stereocenters. The Kier molecular flexibility index (Phi) is 16.1. The topological polar surface area (TPSA) is 247 Å². The minimum absolute atomic E-state index is 0.0640. The summed E-state index contributed by atoms with van der Waals surface area (Å²) in [5.41, 5.74) is 5.93. The molecule has 2 rings (SSSR count). The quantitative estimate of drug-likeness (QED) is 0.145. The Morgan fingerprint density at radius 2 is 1.60 bits per heavy atom. The van der Waals surface area contributed by atoms with Crippen molar-refractivity contribution >= 4 is 58.9 Å². The summed E-state index contributed by atoms with van der Waals surface area (Å²) in [6, 6.07) is 2.02. The van der Waals surface area contributed by atoms with Gasteiger partial charge in [-0.25, -0.2) is 0 Å². The number of nitrogens with one attached hydrogen (secondary N) is 7. The molecule has 0 aromatic heterocycles. The first-order valence-electron chi connectivity index (χ1n) is 15.3. The fraction of sp³-hybridized carbons (Fsp3) is 0.533. The Morgan fingerprint density at radius 1 is 0.936 bits per heavy atom. The van der Waals surface area contributed by atoms with Gasteiger partial charge in [0, 0.05) is 31.3 Å². The van der Waals surface area contributed by atoms with Gasteiger partial charge in [0.05, 0.1) is 13.1 Å². The summed E-state index contributed by atoms with van der Waals surface area (Å²) in [6.07, 6.45) is 1.13. The number of carbonyl (C=O) groups excluding carboxylic acids is 8. The molecule has 0 radical (unpaired) electrons. The van der Waals surface area contributed by atoms with Gasteiger partial charge >= 0.3 is 0 Å². The number of unbranched alkanes of at least 4 members (excludes halogenated alkanes) is 1. The van der Waals surface area contributed by atoms with Gasteiger partial charge in [0.25, 0.3) is 0 Å². The van der Waals surface area contributed by atoms with E-state index in [2.05, 4.69) is 37.2 Å². The first kappa shape index (κ1) is 38.5. The number of nitrogens with two attached hydrogens (primary N) is 1. The SMILES string of the molecule is CCCC[C@H](NC(C)=O)C(=O)NC1CCC(=O)NCCC(C(N)=O)NC(=O)CNC(=O)C(Cc2ccccc2Cl)NC(=O)CNC1=O. The van der Waals surface area contributed by atoms with E-state index in [9.17, 15) is 38.4 Å². The van der Waals surface area contributed by atoms with Crippen molar-refractivity contribution in [3.8, 4) is 0 Å². The van der Waals surface area contributed by atoms with Crippen LogP contribution < -0.4 is 43.0 Å². The zero-order valence-corrected chi connectivity index (χ0v) is 27.2. The Labute approximate surface area is 277 Å². The van der Waals surface area contributed by atoms with E-state index in [1.165, 1.54) is 6.92 Å². The van der Waals surface area contributed by atoms with Crippen LogP contribution in [0.15, 0.2) is 24.3 Å². The normalized spacial score (nSPS) is 21.2. The highest BCUT2D eigenvalue weighted by molar-refractivity contribution is 6.31. The molecule has 0 saturated carbocycles. The summed E-state index contributed by atoms with van der Waals surface area (Å²) in [5, 5.41) is 17.8. The number of primary amides is 1. The van der Waals surface area contributed by atoms with Gasteiger partial charge in [0.1, 0.15) is 24.2 Å². The van der Waals surface area contributed by atoms with Crippen LogP contribution in [0.4, 0.5) is 0 Å². The fourth-order valence-electron chi connectivity index (χ4n) is 4.63. The molecule has 0 spiro atoms. The molecule has 1 aromatic carbocycles. The lowest BCUT2D eigenvalue weighted by atomic mass is 10.0. The van der Waals surface area contributed by atoms with Crippen molar-refractivity contribution in [1.29, 1.82) is 0 Å². The van der Waals surface area contributed by atoms with E-state index >= 15 is 0 Å². The minimum Gasteiger partial charge on any atom is -0.368 e. The molecule has 1 heterocycles. The number of carbonyl (C=O) groups is 8. The molecule has 8 amide bonds. The average molecular weight is 679 g/mol. The highest BCUT2D eigenvalue weighted by atomic mass is 35.5. The zero-order chi connectivity index (χ0) is 34.9. The van der Waals surface area contributed by atoms with Gasteiger partial charge in [-0.15, -0.1) is 0 Å². The highest BCUT2D eigenvalue weighted by Crippen LogP contribution is 2.17. The molecule has 9 N–H and O–H groups in total. The average Bonchev–Trinajstić information content (AvgIpc) is 3.02. The summed E-state index contributed by atoms with van der Waals surface area (Å²) in [4.78, 5) is 101. The molecule has 17 heteroatoms. The summed E-state index contributed by atoms with van der Waals surface area (Å²) in [5.74, 6) is -5.53. The van der Waals surface area contributed by atoms with Crippen LogP contribution in [0.5, 0.6) is 0 Å². The molecule has 1 aromatic rings. The van der Waals surface area contributed by atoms with E-state index < -0.39 is 84.5 Å². The predicted molar refractivity (Wildman–Crippen MR) is 170 cm³/mol. The maximum absolute atomic E-state index is 13.2. The second-order valence-electron chi connectivity index (χ2n) is 11.0. The molecule has 16 nitrogen and oxygen atoms in total. The molecule has 1 fully saturated rings. The first-order valence-corrected chi connectivity index (χ1v) is 15.7. The van der Waals surface area contributed by atoms with Crippen LogP contribution >= 0.6 is 11.6 Å². The summed E-state index contributed by atoms with van der Waals surface area (Å²) < 4.78 is 0. The van der Waals surface area contributed by atoms with E-state index in [0.29, 0.717) is 23.4 Å². The molecule has 0 aliphatic carbocycles. The lowest BCUT2D eigenvalue weighted by Gasteiger charge is -2.23. The lowest BCUT2D eigenvalue weighted by Crippen LogP contribution is -2.55. The number of rotatable bonds is 9. The molecular formula is C30H43ClN8O8. The number of benzene rings is 1. The maximum Gasteiger partial charge on any atom is 0.243 e. The van der Waals surface area contributed by atoms with Crippen molar-refractivity contribution < 1.29 is 38.4 Å². The van der Waals surface area contributed by atoms with Gasteiger partial charge in [0.2, 0.25) is 47.3 Å². The van der Waals surface area contributed by atoms with Crippen LogP contribution in [0.25, 0.3) is 0 Å². The van der Waals surface area contributed by atoms with E-state index in [1.54, 1.807) is 24.3 Å². The fourth-order valence-corrected chi connectivity index (χ4v) is 4.85. The summed E-state index contributed by atoms with van der Waals surface area (Å²) in [7, 11) is 0. The third-order valence-electron chi connectivity index (χ3n) is 7.15. The van der Waals surface area contributed by atoms with Crippen molar-refractivity contribution in [2.75, 3.05) is 19.6 Å². The van der Waals surface area contributed by atoms with Crippen molar-refractivity contribution in [2.45, 2.75) is 83.0 Å². The number of halogens is 1. The van der Waals surface area contributed by atoms with Gasteiger partial charge in [-0.2, -0.15) is 0 Å². The van der Waals surface area contributed by atoms with Crippen molar-refractivity contribution in [2.24, 2.45) is 5.73 Å². The van der Waals surface area contributed by atoms with Gasteiger partial charge in [-0.3, -0.25) is 38.4 Å². The Balaban J connectivity index is 2.31. The minimum atomic E-state index is -1.28. The Hall–Kier alpha value is -4.73. The second kappa shape index (κ2) is 19.7. The Bertz CT molecular complexity index is 1330. The molecule has 1 saturated heterocycles. The van der Waals surface area contributed by atoms with Gasteiger partial charge in [-0.1, -0.05) is 49.6 Å². The molecule has 258 valence electrons. The van der Waals surface area contributed by atoms with Gasteiger partial charge < -0.3 is 43.0 Å². The number of amides is 8. The van der Waals surface area contributed by atoms with Gasteiger partial charge in [0.15, 0.2) is 0 Å². The summed E-state index contributed by atoms with van der Waals surface area (Å²) in [6.45, 7) is 1.95. The van der Waals surface area contributed by atoms with Crippen LogP contribution in [0.1, 0.15) is 57.9 Å². The maximum atomic E-state index is 13.2. The van der Waals surface area contributed by atoms with Crippen LogP contribution in [-0.4, -0.2) is 91.1 Å². The third kappa shape index (κ3) is 14.1. The van der Waals surface area contributed by atoms with Gasteiger partial charge in [-0.05, 0) is 30.9 Å². The molecule has 3 unspecified atom stereocenters. The van der Waals surface area contributed by atoms with Crippen LogP contribution in [0.3, 0.4) is 0 Å². The highest BCUT2D eigenvalue weighted by Gasteiger charge is 2.28. The number of hydrogen-bond acceptors (Lipinski definition) is 8. The lowest BCUT2D eigenvalue weighted by molar-refractivity contribution is -0.133. The van der Waals surface area contributed by atoms with Crippen molar-refractivity contribution in [1.82, 2.24) is 37.2 Å².